The number of carboxylic acids is 1. The lowest BCUT2D eigenvalue weighted by molar-refractivity contribution is -0.138. The normalized spacial score (nSPS) is 16.9. The number of aromatic nitrogens is 1. The molecular formula is C15H16N2O2S. The van der Waals surface area contributed by atoms with Gasteiger partial charge >= 0.3 is 5.97 Å². The van der Waals surface area contributed by atoms with Crippen LogP contribution in [0.3, 0.4) is 0 Å². The minimum atomic E-state index is -0.758. The number of hydrogen-bond donors (Lipinski definition) is 1. The molecule has 1 aliphatic rings. The maximum Gasteiger partial charge on any atom is 0.312 e. The second-order valence-electron chi connectivity index (χ2n) is 5.08. The molecule has 0 radical (unpaired) electrons. The van der Waals surface area contributed by atoms with Crippen molar-refractivity contribution < 1.29 is 9.90 Å². The summed E-state index contributed by atoms with van der Waals surface area (Å²) in [5.74, 6) is -1.17. The molecule has 0 aliphatic heterocycles. The van der Waals surface area contributed by atoms with Crippen molar-refractivity contribution in [3.63, 3.8) is 0 Å². The molecule has 20 heavy (non-hydrogen) atoms. The SMILES string of the molecule is CN(Cc1ccccc1)c1nc2c(s1)CCC2C(=O)O. The van der Waals surface area contributed by atoms with E-state index in [2.05, 4.69) is 22.0 Å². The summed E-state index contributed by atoms with van der Waals surface area (Å²) in [7, 11) is 2.00. The Labute approximate surface area is 121 Å². The van der Waals surface area contributed by atoms with Crippen LogP contribution in [-0.4, -0.2) is 23.1 Å². The third kappa shape index (κ3) is 2.41. The van der Waals surface area contributed by atoms with Crippen molar-refractivity contribution in [2.45, 2.75) is 25.3 Å². The second kappa shape index (κ2) is 5.25. The summed E-state index contributed by atoms with van der Waals surface area (Å²) in [6, 6.07) is 10.2. The lowest BCUT2D eigenvalue weighted by atomic mass is 10.1. The van der Waals surface area contributed by atoms with E-state index < -0.39 is 11.9 Å². The molecule has 1 aromatic heterocycles. The molecule has 1 aromatic carbocycles. The number of hydrogen-bond acceptors (Lipinski definition) is 4. The van der Waals surface area contributed by atoms with Crippen LogP contribution in [0.2, 0.25) is 0 Å². The molecule has 4 nitrogen and oxygen atoms in total. The summed E-state index contributed by atoms with van der Waals surface area (Å²) in [6.07, 6.45) is 1.52. The molecule has 0 bridgehead atoms. The van der Waals surface area contributed by atoms with Crippen molar-refractivity contribution in [1.82, 2.24) is 4.98 Å². The van der Waals surface area contributed by atoms with Gasteiger partial charge in [0.1, 0.15) is 5.92 Å². The first-order valence-electron chi connectivity index (χ1n) is 6.62. The molecule has 1 unspecified atom stereocenters. The van der Waals surface area contributed by atoms with Crippen LogP contribution in [0.4, 0.5) is 5.13 Å². The molecular weight excluding hydrogens is 272 g/mol. The van der Waals surface area contributed by atoms with Gasteiger partial charge in [-0.15, -0.1) is 11.3 Å². The predicted molar refractivity (Wildman–Crippen MR) is 79.4 cm³/mol. The fourth-order valence-electron chi connectivity index (χ4n) is 2.54. The number of aryl methyl sites for hydroxylation is 1. The topological polar surface area (TPSA) is 53.4 Å². The van der Waals surface area contributed by atoms with Crippen LogP contribution in [0, 0.1) is 0 Å². The maximum absolute atomic E-state index is 11.2. The maximum atomic E-state index is 11.2. The van der Waals surface area contributed by atoms with Gasteiger partial charge in [-0.3, -0.25) is 4.79 Å². The summed E-state index contributed by atoms with van der Waals surface area (Å²) < 4.78 is 0. The number of nitrogens with zero attached hydrogens (tertiary/aromatic N) is 2. The molecule has 1 atom stereocenters. The van der Waals surface area contributed by atoms with Crippen molar-refractivity contribution >= 4 is 22.4 Å². The van der Waals surface area contributed by atoms with E-state index in [0.717, 1.165) is 28.7 Å². The van der Waals surface area contributed by atoms with Gasteiger partial charge in [0.2, 0.25) is 0 Å². The van der Waals surface area contributed by atoms with E-state index in [1.807, 2.05) is 25.2 Å². The monoisotopic (exact) mass is 288 g/mol. The van der Waals surface area contributed by atoms with Gasteiger partial charge < -0.3 is 10.0 Å². The highest BCUT2D eigenvalue weighted by atomic mass is 32.1. The number of thiazole rings is 1. The quantitative estimate of drug-likeness (QED) is 0.940. The summed E-state index contributed by atoms with van der Waals surface area (Å²) >= 11 is 1.62. The summed E-state index contributed by atoms with van der Waals surface area (Å²) in [5, 5.41) is 10.1. The van der Waals surface area contributed by atoms with E-state index >= 15 is 0 Å². The first-order chi connectivity index (χ1) is 9.65. The molecule has 104 valence electrons. The Morgan fingerprint density at radius 1 is 1.45 bits per heavy atom. The van der Waals surface area contributed by atoms with Gasteiger partial charge in [-0.05, 0) is 18.4 Å². The van der Waals surface area contributed by atoms with Crippen LogP contribution >= 0.6 is 11.3 Å². The molecule has 0 saturated heterocycles. The van der Waals surface area contributed by atoms with Gasteiger partial charge in [0, 0.05) is 18.5 Å². The van der Waals surface area contributed by atoms with Crippen molar-refractivity contribution in [2.24, 2.45) is 0 Å². The predicted octanol–water partition coefficient (Wildman–Crippen LogP) is 2.89. The molecule has 0 amide bonds. The van der Waals surface area contributed by atoms with Gasteiger partial charge in [0.05, 0.1) is 5.69 Å². The second-order valence-corrected chi connectivity index (χ2v) is 6.14. The fourth-order valence-corrected chi connectivity index (χ4v) is 3.64. The number of anilines is 1. The van der Waals surface area contributed by atoms with Crippen molar-refractivity contribution in [3.05, 3.63) is 46.5 Å². The first-order valence-corrected chi connectivity index (χ1v) is 7.44. The standard InChI is InChI=1S/C15H16N2O2S/c1-17(9-10-5-3-2-4-6-10)15-16-13-11(14(18)19)7-8-12(13)20-15/h2-6,11H,7-9H2,1H3,(H,18,19). The fraction of sp³-hybridized carbons (Fsp3) is 0.333. The van der Waals surface area contributed by atoms with E-state index in [9.17, 15) is 9.90 Å². The highest BCUT2D eigenvalue weighted by Gasteiger charge is 2.32. The number of fused-ring (bicyclic) bond motifs is 1. The van der Waals surface area contributed by atoms with Gasteiger partial charge in [-0.1, -0.05) is 30.3 Å². The first kappa shape index (κ1) is 13.1. The van der Waals surface area contributed by atoms with Crippen molar-refractivity contribution in [1.29, 1.82) is 0 Å². The lowest BCUT2D eigenvalue weighted by Gasteiger charge is -2.16. The van der Waals surface area contributed by atoms with Crippen molar-refractivity contribution in [3.8, 4) is 0 Å². The number of rotatable bonds is 4. The van der Waals surface area contributed by atoms with Crippen LogP contribution in [0.1, 0.15) is 28.5 Å². The number of aliphatic carboxylic acids is 1. The number of carboxylic acid groups (broad SMARTS) is 1. The molecule has 0 saturated carbocycles. The average molecular weight is 288 g/mol. The Kier molecular flexibility index (Phi) is 3.44. The van der Waals surface area contributed by atoms with Gasteiger partial charge in [0.15, 0.2) is 5.13 Å². The summed E-state index contributed by atoms with van der Waals surface area (Å²) in [4.78, 5) is 19.0. The van der Waals surface area contributed by atoms with E-state index in [1.165, 1.54) is 5.56 Å². The van der Waals surface area contributed by atoms with E-state index in [-0.39, 0.29) is 0 Å². The number of benzene rings is 1. The highest BCUT2D eigenvalue weighted by Crippen LogP contribution is 2.39. The van der Waals surface area contributed by atoms with Crippen LogP contribution in [0.5, 0.6) is 0 Å². The number of carbonyl (C=O) groups is 1. The average Bonchev–Trinajstić information content (AvgIpc) is 2.98. The largest absolute Gasteiger partial charge is 0.481 e. The van der Waals surface area contributed by atoms with E-state index in [4.69, 9.17) is 0 Å². The Hall–Kier alpha value is -1.88. The molecule has 2 aromatic rings. The van der Waals surface area contributed by atoms with Crippen LogP contribution in [0.25, 0.3) is 0 Å². The smallest absolute Gasteiger partial charge is 0.312 e. The van der Waals surface area contributed by atoms with E-state index in [1.54, 1.807) is 11.3 Å². The summed E-state index contributed by atoms with van der Waals surface area (Å²) in [5.41, 5.74) is 2.00. The molecule has 1 heterocycles. The third-order valence-corrected chi connectivity index (χ3v) is 4.84. The lowest BCUT2D eigenvalue weighted by Crippen LogP contribution is -2.16. The van der Waals surface area contributed by atoms with Crippen LogP contribution in [0.15, 0.2) is 30.3 Å². The Bertz CT molecular complexity index is 624. The molecule has 3 rings (SSSR count). The van der Waals surface area contributed by atoms with Gasteiger partial charge in [-0.25, -0.2) is 4.98 Å². The van der Waals surface area contributed by atoms with Crippen LogP contribution in [-0.2, 0) is 17.8 Å². The van der Waals surface area contributed by atoms with Crippen LogP contribution < -0.4 is 4.90 Å². The third-order valence-electron chi connectivity index (χ3n) is 3.59. The van der Waals surface area contributed by atoms with Gasteiger partial charge in [-0.2, -0.15) is 0 Å². The Balaban J connectivity index is 1.79. The molecule has 0 fully saturated rings. The summed E-state index contributed by atoms with van der Waals surface area (Å²) in [6.45, 7) is 0.783. The zero-order chi connectivity index (χ0) is 14.1. The Morgan fingerprint density at radius 3 is 2.90 bits per heavy atom. The highest BCUT2D eigenvalue weighted by molar-refractivity contribution is 7.15. The zero-order valence-corrected chi connectivity index (χ0v) is 12.1. The van der Waals surface area contributed by atoms with Crippen molar-refractivity contribution in [2.75, 3.05) is 11.9 Å². The minimum absolute atomic E-state index is 0.417. The molecule has 5 heteroatoms. The zero-order valence-electron chi connectivity index (χ0n) is 11.2. The molecule has 1 N–H and O–H groups in total. The van der Waals surface area contributed by atoms with Gasteiger partial charge in [0.25, 0.3) is 0 Å². The molecule has 0 spiro atoms. The minimum Gasteiger partial charge on any atom is -0.481 e. The molecule has 1 aliphatic carbocycles. The Morgan fingerprint density at radius 2 is 2.20 bits per heavy atom. The van der Waals surface area contributed by atoms with E-state index in [0.29, 0.717) is 6.42 Å².